The van der Waals surface area contributed by atoms with Gasteiger partial charge in [0.25, 0.3) is 0 Å². The molecule has 0 radical (unpaired) electrons. The fourth-order valence-corrected chi connectivity index (χ4v) is 3.55. The Kier molecular flexibility index (Phi) is 27.9. The first-order valence-electron chi connectivity index (χ1n) is 13.1. The zero-order valence-electron chi connectivity index (χ0n) is 22.1. The Hall–Kier alpha value is -1.51. The largest absolute Gasteiger partial charge is 0.379 e. The predicted octanol–water partition coefficient (Wildman–Crippen LogP) is 1.10. The van der Waals surface area contributed by atoms with Crippen molar-refractivity contribution in [3.05, 3.63) is 0 Å². The number of carbonyl (C=O) groups is 3. The summed E-state index contributed by atoms with van der Waals surface area (Å²) >= 11 is 1.50. The van der Waals surface area contributed by atoms with Gasteiger partial charge in [-0.05, 0) is 32.2 Å². The fourth-order valence-electron chi connectivity index (χ4n) is 2.89. The topological polar surface area (TPSA) is 150 Å². The van der Waals surface area contributed by atoms with Crippen molar-refractivity contribution in [2.24, 2.45) is 5.73 Å². The van der Waals surface area contributed by atoms with Crippen LogP contribution in [0, 0.1) is 0 Å². The van der Waals surface area contributed by atoms with Gasteiger partial charge >= 0.3 is 0 Å². The summed E-state index contributed by atoms with van der Waals surface area (Å²) in [7, 11) is 0. The third-order valence-electron chi connectivity index (χ3n) is 4.91. The molecule has 37 heavy (non-hydrogen) atoms. The van der Waals surface area contributed by atoms with Crippen LogP contribution >= 0.6 is 11.8 Å². The Bertz CT molecular complexity index is 565. The number of amides is 3. The van der Waals surface area contributed by atoms with Gasteiger partial charge in [-0.3, -0.25) is 14.4 Å². The number of rotatable bonds is 28. The van der Waals surface area contributed by atoms with Gasteiger partial charge in [0, 0.05) is 31.7 Å². The molecule has 13 heteroatoms. The number of nitrogens with two attached hydrogens (primary N) is 1. The van der Waals surface area contributed by atoms with Gasteiger partial charge in [0.15, 0.2) is 0 Å². The van der Waals surface area contributed by atoms with Crippen LogP contribution in [0.5, 0.6) is 0 Å². The van der Waals surface area contributed by atoms with E-state index in [2.05, 4.69) is 10.6 Å². The highest BCUT2D eigenvalue weighted by Gasteiger charge is 2.03. The first-order chi connectivity index (χ1) is 18.1. The molecule has 0 saturated carbocycles. The molecular weight excluding hydrogens is 507 g/mol. The maximum atomic E-state index is 11.8. The lowest BCUT2D eigenvalue weighted by molar-refractivity contribution is -0.125. The predicted molar refractivity (Wildman–Crippen MR) is 142 cm³/mol. The maximum absolute atomic E-state index is 11.8. The summed E-state index contributed by atoms with van der Waals surface area (Å²) in [5.74, 6) is 0.439. The van der Waals surface area contributed by atoms with Crippen molar-refractivity contribution < 1.29 is 37.8 Å². The highest BCUT2D eigenvalue weighted by atomic mass is 32.2. The van der Waals surface area contributed by atoms with Gasteiger partial charge in [0.05, 0.1) is 58.6 Å². The van der Waals surface area contributed by atoms with Crippen molar-refractivity contribution >= 4 is 29.5 Å². The minimum Gasteiger partial charge on any atom is -0.379 e. The van der Waals surface area contributed by atoms with Crippen LogP contribution in [0.25, 0.3) is 0 Å². The van der Waals surface area contributed by atoms with Gasteiger partial charge in [0.2, 0.25) is 17.7 Å². The molecule has 0 fully saturated rings. The number of ether oxygens (including phenoxy) is 4. The fraction of sp³-hybridized carbons (Fsp3) is 0.875. The van der Waals surface area contributed by atoms with Crippen LogP contribution in [0.4, 0.5) is 4.48 Å². The molecule has 0 aliphatic heterocycles. The van der Waals surface area contributed by atoms with E-state index in [4.69, 9.17) is 24.7 Å². The van der Waals surface area contributed by atoms with Crippen LogP contribution in [0.2, 0.25) is 0 Å². The maximum Gasteiger partial charge on any atom is 0.247 e. The molecule has 0 heterocycles. The van der Waals surface area contributed by atoms with Crippen LogP contribution in [-0.2, 0) is 33.3 Å². The first-order valence-corrected chi connectivity index (χ1v) is 14.3. The molecule has 0 aliphatic carbocycles. The third kappa shape index (κ3) is 28.9. The summed E-state index contributed by atoms with van der Waals surface area (Å²) in [6, 6.07) is 0. The molecule has 11 nitrogen and oxygen atoms in total. The van der Waals surface area contributed by atoms with Crippen LogP contribution in [0.15, 0.2) is 0 Å². The van der Waals surface area contributed by atoms with E-state index in [0.717, 1.165) is 37.6 Å². The highest BCUT2D eigenvalue weighted by Crippen LogP contribution is 2.01. The van der Waals surface area contributed by atoms with Gasteiger partial charge in [-0.1, -0.05) is 12.8 Å². The minimum atomic E-state index is -0.610. The molecule has 0 aromatic rings. The molecule has 0 unspecified atom stereocenters. The van der Waals surface area contributed by atoms with Gasteiger partial charge < -0.3 is 35.3 Å². The molecule has 3 amide bonds. The van der Waals surface area contributed by atoms with E-state index in [-0.39, 0.29) is 18.2 Å². The lowest BCUT2D eigenvalue weighted by atomic mass is 10.2. The summed E-state index contributed by atoms with van der Waals surface area (Å²) in [4.78, 5) is 34.0. The van der Waals surface area contributed by atoms with Gasteiger partial charge in [-0.25, -0.2) is 0 Å². The summed E-state index contributed by atoms with van der Waals surface area (Å²) in [6.45, 7) is 5.60. The second-order valence-electron chi connectivity index (χ2n) is 8.13. The van der Waals surface area contributed by atoms with Crippen LogP contribution < -0.4 is 21.9 Å². The number of halogens is 1. The second kappa shape index (κ2) is 29.1. The number of hydrogen-bond acceptors (Lipinski definition) is 9. The Balaban J connectivity index is 3.21. The molecule has 5 N–H and O–H groups in total. The van der Waals surface area contributed by atoms with E-state index in [9.17, 15) is 18.9 Å². The van der Waals surface area contributed by atoms with Crippen molar-refractivity contribution in [2.45, 2.75) is 51.4 Å². The lowest BCUT2D eigenvalue weighted by Gasteiger charge is -2.08. The van der Waals surface area contributed by atoms with Crippen molar-refractivity contribution in [3.63, 3.8) is 0 Å². The molecule has 0 aromatic carbocycles. The van der Waals surface area contributed by atoms with Crippen molar-refractivity contribution in [2.75, 3.05) is 84.0 Å². The molecule has 0 rings (SSSR count). The van der Waals surface area contributed by atoms with Gasteiger partial charge in [0.1, 0.15) is 0 Å². The molecule has 0 aliphatic rings. The Morgan fingerprint density at radius 3 is 1.76 bits per heavy atom. The van der Waals surface area contributed by atoms with E-state index in [1.54, 1.807) is 0 Å². The quantitative estimate of drug-likeness (QED) is 0.0823. The lowest BCUT2D eigenvalue weighted by Crippen LogP contribution is -2.26. The van der Waals surface area contributed by atoms with Gasteiger partial charge in [-0.15, -0.1) is 16.2 Å². The van der Waals surface area contributed by atoms with Crippen molar-refractivity contribution in [1.29, 1.82) is 0 Å². The number of unbranched alkanes of at least 4 members (excludes halogenated alkanes) is 4. The first kappa shape index (κ1) is 35.5. The SMILES string of the molecule is NCCCCCNC(=O)CCOCCOCCOCCOCCSCC(=O)NCCCCCC(=O)NF. The zero-order valence-corrected chi connectivity index (χ0v) is 22.9. The number of nitrogens with one attached hydrogen (secondary N) is 3. The van der Waals surface area contributed by atoms with Crippen molar-refractivity contribution in [3.8, 4) is 0 Å². The molecule has 0 bridgehead atoms. The van der Waals surface area contributed by atoms with E-state index in [1.165, 1.54) is 11.8 Å². The Morgan fingerprint density at radius 1 is 0.622 bits per heavy atom. The molecule has 0 spiro atoms. The Labute approximate surface area is 224 Å². The number of thioether (sulfide) groups is 1. The molecule has 218 valence electrons. The smallest absolute Gasteiger partial charge is 0.247 e. The summed E-state index contributed by atoms with van der Waals surface area (Å²) in [5, 5.41) is 5.68. The molecule has 0 atom stereocenters. The van der Waals surface area contributed by atoms with Crippen molar-refractivity contribution in [1.82, 2.24) is 16.2 Å². The average molecular weight is 555 g/mol. The molecule has 0 aromatic heterocycles. The minimum absolute atomic E-state index is 0.00196. The third-order valence-corrected chi connectivity index (χ3v) is 5.83. The van der Waals surface area contributed by atoms with Gasteiger partial charge in [-0.2, -0.15) is 5.54 Å². The summed E-state index contributed by atoms with van der Waals surface area (Å²) in [5.41, 5.74) is 6.52. The van der Waals surface area contributed by atoms with Crippen LogP contribution in [0.1, 0.15) is 51.4 Å². The van der Waals surface area contributed by atoms with E-state index in [1.807, 2.05) is 0 Å². The summed E-state index contributed by atoms with van der Waals surface area (Å²) < 4.78 is 33.5. The second-order valence-corrected chi connectivity index (χ2v) is 9.23. The van der Waals surface area contributed by atoms with Crippen LogP contribution in [0.3, 0.4) is 0 Å². The monoisotopic (exact) mass is 554 g/mol. The van der Waals surface area contributed by atoms with Crippen LogP contribution in [-0.4, -0.2) is 102 Å². The standard InChI is InChI=1S/C24H47FN4O7S/c25-29-23(31)7-3-1-5-11-28-24(32)21-37-20-19-36-18-17-35-16-15-34-14-13-33-12-8-22(30)27-10-6-2-4-9-26/h1-21,26H2,(H,27,30)(H,28,32)(H,29,31). The van der Waals surface area contributed by atoms with E-state index in [0.29, 0.717) is 96.8 Å². The zero-order chi connectivity index (χ0) is 27.2. The average Bonchev–Trinajstić information content (AvgIpc) is 2.90. The number of carbonyl (C=O) groups excluding carboxylic acids is 3. The van der Waals surface area contributed by atoms with E-state index >= 15 is 0 Å². The molecule has 0 saturated heterocycles. The van der Waals surface area contributed by atoms with E-state index < -0.39 is 5.91 Å². The number of hydrogen-bond donors (Lipinski definition) is 4. The Morgan fingerprint density at radius 2 is 1.16 bits per heavy atom. The highest BCUT2D eigenvalue weighted by molar-refractivity contribution is 7.99. The normalized spacial score (nSPS) is 10.9. The summed E-state index contributed by atoms with van der Waals surface area (Å²) in [6.07, 6.45) is 5.59. The molecular formula is C24H47FN4O7S.